The number of nitrogens with one attached hydrogen (secondary N) is 1. The zero-order valence-corrected chi connectivity index (χ0v) is 12.6. The van der Waals surface area contributed by atoms with E-state index < -0.39 is 0 Å². The van der Waals surface area contributed by atoms with Crippen molar-refractivity contribution in [1.82, 2.24) is 5.32 Å². The summed E-state index contributed by atoms with van der Waals surface area (Å²) < 4.78 is 18.4. The summed E-state index contributed by atoms with van der Waals surface area (Å²) in [5.41, 5.74) is 1.03. The van der Waals surface area contributed by atoms with Gasteiger partial charge in [-0.25, -0.2) is 4.39 Å². The lowest BCUT2D eigenvalue weighted by atomic mass is 9.92. The van der Waals surface area contributed by atoms with Crippen molar-refractivity contribution in [3.05, 3.63) is 34.6 Å². The number of hydrogen-bond donors (Lipinski definition) is 1. The fraction of sp³-hybridized carbons (Fsp3) is 0.600. The Labute approximate surface area is 120 Å². The van der Waals surface area contributed by atoms with Crippen LogP contribution >= 0.6 is 11.6 Å². The zero-order chi connectivity index (χ0) is 14.3. The van der Waals surface area contributed by atoms with Gasteiger partial charge in [0.2, 0.25) is 0 Å². The van der Waals surface area contributed by atoms with Gasteiger partial charge < -0.3 is 10.1 Å². The van der Waals surface area contributed by atoms with Gasteiger partial charge in [-0.2, -0.15) is 0 Å². The average molecular weight is 288 g/mol. The smallest absolute Gasteiger partial charge is 0.141 e. The maximum Gasteiger partial charge on any atom is 0.141 e. The second-order valence-electron chi connectivity index (χ2n) is 4.86. The second-order valence-corrected chi connectivity index (χ2v) is 5.27. The first-order chi connectivity index (χ1) is 9.10. The highest BCUT2D eigenvalue weighted by Crippen LogP contribution is 2.27. The molecule has 4 heteroatoms. The van der Waals surface area contributed by atoms with Crippen molar-refractivity contribution < 1.29 is 9.13 Å². The monoisotopic (exact) mass is 287 g/mol. The van der Waals surface area contributed by atoms with E-state index in [-0.39, 0.29) is 16.9 Å². The Hall–Kier alpha value is -0.640. The minimum atomic E-state index is -0.371. The van der Waals surface area contributed by atoms with Gasteiger partial charge in [-0.15, -0.1) is 0 Å². The van der Waals surface area contributed by atoms with Crippen LogP contribution in [0, 0.1) is 11.7 Å². The topological polar surface area (TPSA) is 21.3 Å². The summed E-state index contributed by atoms with van der Waals surface area (Å²) in [6.07, 6.45) is 2.01. The summed E-state index contributed by atoms with van der Waals surface area (Å²) in [6.45, 7) is 5.95. The second kappa shape index (κ2) is 8.51. The van der Waals surface area contributed by atoms with Crippen LogP contribution in [0.3, 0.4) is 0 Å². The molecule has 0 amide bonds. The van der Waals surface area contributed by atoms with Gasteiger partial charge in [0.15, 0.2) is 0 Å². The molecule has 0 bridgehead atoms. The molecular weight excluding hydrogens is 265 g/mol. The van der Waals surface area contributed by atoms with Gasteiger partial charge >= 0.3 is 0 Å². The predicted molar refractivity (Wildman–Crippen MR) is 78.1 cm³/mol. The maximum absolute atomic E-state index is 13.2. The van der Waals surface area contributed by atoms with Gasteiger partial charge in [0, 0.05) is 19.8 Å². The van der Waals surface area contributed by atoms with Crippen LogP contribution in [0.15, 0.2) is 18.2 Å². The number of rotatable bonds is 8. The summed E-state index contributed by atoms with van der Waals surface area (Å²) in [5.74, 6) is 0.0252. The molecule has 19 heavy (non-hydrogen) atoms. The van der Waals surface area contributed by atoms with Crippen molar-refractivity contribution in [3.8, 4) is 0 Å². The lowest BCUT2D eigenvalue weighted by Gasteiger charge is -2.26. The molecule has 1 aromatic carbocycles. The Bertz CT molecular complexity index is 386. The molecule has 2 nitrogen and oxygen atoms in total. The molecule has 108 valence electrons. The standard InChI is InChI=1S/C15H23ClFNO/c1-4-8-18-15(11(2)7-9-19-3)12-5-6-14(17)13(16)10-12/h5-6,10-11,15,18H,4,7-9H2,1-3H3. The Balaban J connectivity index is 2.84. The van der Waals surface area contributed by atoms with E-state index in [1.165, 1.54) is 6.07 Å². The normalized spacial score (nSPS) is 14.4. The van der Waals surface area contributed by atoms with Crippen molar-refractivity contribution >= 4 is 11.6 Å². The van der Waals surface area contributed by atoms with Gasteiger partial charge in [-0.1, -0.05) is 31.5 Å². The zero-order valence-electron chi connectivity index (χ0n) is 11.9. The average Bonchev–Trinajstić information content (AvgIpc) is 2.40. The molecule has 0 fully saturated rings. The van der Waals surface area contributed by atoms with Crippen molar-refractivity contribution in [3.63, 3.8) is 0 Å². The number of hydrogen-bond acceptors (Lipinski definition) is 2. The maximum atomic E-state index is 13.2. The Morgan fingerprint density at radius 2 is 2.16 bits per heavy atom. The summed E-state index contributed by atoms with van der Waals surface area (Å²) in [6, 6.07) is 5.13. The minimum Gasteiger partial charge on any atom is -0.385 e. The molecule has 2 unspecified atom stereocenters. The van der Waals surface area contributed by atoms with Crippen molar-refractivity contribution in [2.75, 3.05) is 20.3 Å². The molecule has 1 N–H and O–H groups in total. The lowest BCUT2D eigenvalue weighted by molar-refractivity contribution is 0.170. The van der Waals surface area contributed by atoms with E-state index in [1.54, 1.807) is 19.2 Å². The lowest BCUT2D eigenvalue weighted by Crippen LogP contribution is -2.28. The summed E-state index contributed by atoms with van der Waals surface area (Å²) in [7, 11) is 1.70. The van der Waals surface area contributed by atoms with Gasteiger partial charge in [-0.3, -0.25) is 0 Å². The van der Waals surface area contributed by atoms with Crippen molar-refractivity contribution in [2.45, 2.75) is 32.7 Å². The summed E-state index contributed by atoms with van der Waals surface area (Å²) >= 11 is 5.87. The van der Waals surface area contributed by atoms with Gasteiger partial charge in [0.25, 0.3) is 0 Å². The summed E-state index contributed by atoms with van der Waals surface area (Å²) in [4.78, 5) is 0. The number of benzene rings is 1. The van der Waals surface area contributed by atoms with E-state index in [2.05, 4.69) is 19.2 Å². The van der Waals surface area contributed by atoms with Crippen molar-refractivity contribution in [2.24, 2.45) is 5.92 Å². The van der Waals surface area contributed by atoms with Gasteiger partial charge in [0.1, 0.15) is 5.82 Å². The highest BCUT2D eigenvalue weighted by Gasteiger charge is 2.19. The molecule has 0 aliphatic rings. The summed E-state index contributed by atoms with van der Waals surface area (Å²) in [5, 5.41) is 3.68. The minimum absolute atomic E-state index is 0.174. The molecule has 0 aromatic heterocycles. The molecule has 0 heterocycles. The SMILES string of the molecule is CCCNC(c1ccc(F)c(Cl)c1)C(C)CCOC. The Kier molecular flexibility index (Phi) is 7.36. The molecule has 0 spiro atoms. The van der Waals surface area contributed by atoms with E-state index in [1.807, 2.05) is 0 Å². The predicted octanol–water partition coefficient (Wildman–Crippen LogP) is 4.19. The van der Waals surface area contributed by atoms with Crippen LogP contribution in [0.25, 0.3) is 0 Å². The van der Waals surface area contributed by atoms with Crippen LogP contribution in [-0.2, 0) is 4.74 Å². The Morgan fingerprint density at radius 3 is 2.74 bits per heavy atom. The number of methoxy groups -OCH3 is 1. The highest BCUT2D eigenvalue weighted by atomic mass is 35.5. The van der Waals surface area contributed by atoms with E-state index in [0.29, 0.717) is 5.92 Å². The van der Waals surface area contributed by atoms with E-state index in [4.69, 9.17) is 16.3 Å². The highest BCUT2D eigenvalue weighted by molar-refractivity contribution is 6.30. The fourth-order valence-electron chi connectivity index (χ4n) is 2.12. The fourth-order valence-corrected chi connectivity index (χ4v) is 2.31. The molecular formula is C15H23ClFNO. The third-order valence-electron chi connectivity index (χ3n) is 3.26. The van der Waals surface area contributed by atoms with E-state index >= 15 is 0 Å². The first-order valence-corrected chi connectivity index (χ1v) is 7.15. The largest absolute Gasteiger partial charge is 0.385 e. The van der Waals surface area contributed by atoms with Crippen LogP contribution in [0.2, 0.25) is 5.02 Å². The molecule has 0 saturated heterocycles. The first kappa shape index (κ1) is 16.4. The quantitative estimate of drug-likeness (QED) is 0.774. The Morgan fingerprint density at radius 1 is 1.42 bits per heavy atom. The third kappa shape index (κ3) is 5.09. The molecule has 1 rings (SSSR count). The van der Waals surface area contributed by atoms with E-state index in [9.17, 15) is 4.39 Å². The van der Waals surface area contributed by atoms with Crippen LogP contribution in [-0.4, -0.2) is 20.3 Å². The molecule has 0 aliphatic heterocycles. The molecule has 0 aliphatic carbocycles. The van der Waals surface area contributed by atoms with Crippen LogP contribution < -0.4 is 5.32 Å². The molecule has 2 atom stereocenters. The third-order valence-corrected chi connectivity index (χ3v) is 3.55. The molecule has 0 saturated carbocycles. The first-order valence-electron chi connectivity index (χ1n) is 6.77. The van der Waals surface area contributed by atoms with Crippen LogP contribution in [0.5, 0.6) is 0 Å². The van der Waals surface area contributed by atoms with Crippen LogP contribution in [0.1, 0.15) is 38.3 Å². The number of ether oxygens (including phenoxy) is 1. The van der Waals surface area contributed by atoms with Crippen molar-refractivity contribution in [1.29, 1.82) is 0 Å². The molecule has 0 radical (unpaired) electrons. The van der Waals surface area contributed by atoms with Crippen LogP contribution in [0.4, 0.5) is 4.39 Å². The molecule has 1 aromatic rings. The van der Waals surface area contributed by atoms with Gasteiger partial charge in [-0.05, 0) is 43.0 Å². The van der Waals surface area contributed by atoms with E-state index in [0.717, 1.165) is 31.6 Å². The number of halogens is 2. The van der Waals surface area contributed by atoms with Gasteiger partial charge in [0.05, 0.1) is 5.02 Å².